The first-order valence-corrected chi connectivity index (χ1v) is 12.3. The Morgan fingerprint density at radius 3 is 1.18 bits per heavy atom. The second-order valence-corrected chi connectivity index (χ2v) is 8.63. The molecule has 6 aromatic rings. The molecule has 0 aliphatic heterocycles. The van der Waals surface area contributed by atoms with Crippen LogP contribution in [0.2, 0.25) is 0 Å². The Hall–Kier alpha value is -4.73. The van der Waals surface area contributed by atoms with Gasteiger partial charge in [-0.3, -0.25) is 9.98 Å². The van der Waals surface area contributed by atoms with Gasteiger partial charge in [-0.05, 0) is 57.9 Å². The monoisotopic (exact) mass is 552 g/mol. The van der Waals surface area contributed by atoms with Crippen LogP contribution in [0.1, 0.15) is 11.1 Å². The number of phenolic OH excluding ortho intramolecular Hbond substituents is 2. The van der Waals surface area contributed by atoms with Gasteiger partial charge in [-0.15, -0.1) is 0 Å². The molecule has 4 nitrogen and oxygen atoms in total. The summed E-state index contributed by atoms with van der Waals surface area (Å²) in [6.07, 6.45) is 3.43. The molecule has 0 radical (unpaired) electrons. The molecule has 0 saturated heterocycles. The van der Waals surface area contributed by atoms with Crippen molar-refractivity contribution in [2.24, 2.45) is 9.98 Å². The first-order chi connectivity index (χ1) is 18.7. The second kappa shape index (κ2) is 13.2. The molecule has 0 fully saturated rings. The molecule has 0 heterocycles. The van der Waals surface area contributed by atoms with Crippen LogP contribution in [-0.2, 0) is 16.5 Å². The topological polar surface area (TPSA) is 65.2 Å². The van der Waals surface area contributed by atoms with E-state index in [2.05, 4.69) is 9.98 Å². The summed E-state index contributed by atoms with van der Waals surface area (Å²) < 4.78 is 0. The summed E-state index contributed by atoms with van der Waals surface area (Å²) in [6, 6.07) is 42.5. The fourth-order valence-corrected chi connectivity index (χ4v) is 4.15. The van der Waals surface area contributed by atoms with Gasteiger partial charge in [0.2, 0.25) is 0 Å². The van der Waals surface area contributed by atoms with Gasteiger partial charge in [0.05, 0.1) is 11.4 Å². The Balaban J connectivity index is 0.000000176. The van der Waals surface area contributed by atoms with Crippen molar-refractivity contribution < 1.29 is 26.7 Å². The Labute approximate surface area is 237 Å². The minimum absolute atomic E-state index is 0. The Morgan fingerprint density at radius 1 is 0.410 bits per heavy atom. The van der Waals surface area contributed by atoms with Gasteiger partial charge in [-0.2, -0.15) is 0 Å². The number of phenols is 2. The normalized spacial score (nSPS) is 10.9. The molecule has 194 valence electrons. The molecule has 0 saturated carbocycles. The van der Waals surface area contributed by atoms with Crippen molar-refractivity contribution in [2.45, 2.75) is 0 Å². The number of benzene rings is 6. The number of hydrogen-bond donors (Lipinski definition) is 2. The number of nitrogens with zero attached hydrogens (tertiary/aromatic N) is 2. The van der Waals surface area contributed by atoms with E-state index < -0.39 is 0 Å². The fourth-order valence-electron chi connectivity index (χ4n) is 4.15. The minimum Gasteiger partial charge on any atom is -0.507 e. The summed E-state index contributed by atoms with van der Waals surface area (Å²) in [5.74, 6) is 0.497. The zero-order valence-corrected chi connectivity index (χ0v) is 21.9. The van der Waals surface area contributed by atoms with Gasteiger partial charge >= 0.3 is 0 Å². The molecule has 0 atom stereocenters. The zero-order chi connectivity index (χ0) is 26.2. The van der Waals surface area contributed by atoms with Gasteiger partial charge in [0, 0.05) is 40.0 Å². The average molecular weight is 553 g/mol. The number of para-hydroxylation sites is 2. The maximum absolute atomic E-state index is 10.00. The van der Waals surface area contributed by atoms with E-state index in [4.69, 9.17) is 0 Å². The van der Waals surface area contributed by atoms with E-state index >= 15 is 0 Å². The fraction of sp³-hybridized carbons (Fsp3) is 0. The van der Waals surface area contributed by atoms with Crippen molar-refractivity contribution in [3.05, 3.63) is 145 Å². The van der Waals surface area contributed by atoms with E-state index in [0.29, 0.717) is 0 Å². The van der Waals surface area contributed by atoms with Crippen molar-refractivity contribution >= 4 is 45.3 Å². The molecule has 6 aromatic carbocycles. The Kier molecular flexibility index (Phi) is 9.23. The molecule has 0 amide bonds. The third-order valence-electron chi connectivity index (χ3n) is 6.09. The molecule has 2 N–H and O–H groups in total. The van der Waals surface area contributed by atoms with Gasteiger partial charge < -0.3 is 10.2 Å². The van der Waals surface area contributed by atoms with E-state index in [1.54, 1.807) is 24.6 Å². The largest absolute Gasteiger partial charge is 0.507 e. The van der Waals surface area contributed by atoms with Gasteiger partial charge in [0.1, 0.15) is 11.5 Å². The Bertz CT molecular complexity index is 1600. The number of rotatable bonds is 4. The first kappa shape index (κ1) is 27.3. The second-order valence-electron chi connectivity index (χ2n) is 8.63. The third-order valence-corrected chi connectivity index (χ3v) is 6.09. The van der Waals surface area contributed by atoms with Crippen molar-refractivity contribution in [1.29, 1.82) is 0 Å². The van der Waals surface area contributed by atoms with Gasteiger partial charge in [-0.25, -0.2) is 0 Å². The molecular formula is C34H26N2NiO2. The van der Waals surface area contributed by atoms with Crippen LogP contribution in [0.4, 0.5) is 11.4 Å². The molecule has 39 heavy (non-hydrogen) atoms. The third kappa shape index (κ3) is 6.78. The molecule has 5 heteroatoms. The van der Waals surface area contributed by atoms with Crippen LogP contribution in [0.3, 0.4) is 0 Å². The molecule has 0 bridgehead atoms. The van der Waals surface area contributed by atoms with Crippen LogP contribution >= 0.6 is 0 Å². The Morgan fingerprint density at radius 2 is 0.769 bits per heavy atom. The predicted molar refractivity (Wildman–Crippen MR) is 159 cm³/mol. The summed E-state index contributed by atoms with van der Waals surface area (Å²) in [7, 11) is 0. The smallest absolute Gasteiger partial charge is 0.124 e. The van der Waals surface area contributed by atoms with Crippen molar-refractivity contribution in [2.75, 3.05) is 0 Å². The van der Waals surface area contributed by atoms with Gasteiger partial charge in [0.25, 0.3) is 0 Å². The van der Waals surface area contributed by atoms with Crippen LogP contribution in [0.25, 0.3) is 21.5 Å². The molecule has 0 spiro atoms. The van der Waals surface area contributed by atoms with Crippen molar-refractivity contribution in [1.82, 2.24) is 0 Å². The van der Waals surface area contributed by atoms with E-state index in [1.807, 2.05) is 121 Å². The minimum atomic E-state index is 0. The van der Waals surface area contributed by atoms with Crippen LogP contribution in [0, 0.1) is 0 Å². The van der Waals surface area contributed by atoms with Crippen LogP contribution < -0.4 is 0 Å². The summed E-state index contributed by atoms with van der Waals surface area (Å²) in [4.78, 5) is 8.80. The summed E-state index contributed by atoms with van der Waals surface area (Å²) in [5, 5.41) is 24.2. The summed E-state index contributed by atoms with van der Waals surface area (Å²) in [6.45, 7) is 0. The van der Waals surface area contributed by atoms with Gasteiger partial charge in [0.15, 0.2) is 0 Å². The summed E-state index contributed by atoms with van der Waals surface area (Å²) >= 11 is 0. The van der Waals surface area contributed by atoms with E-state index in [-0.39, 0.29) is 28.0 Å². The van der Waals surface area contributed by atoms with Crippen molar-refractivity contribution in [3.63, 3.8) is 0 Å². The average Bonchev–Trinajstić information content (AvgIpc) is 2.97. The SMILES string of the molecule is Oc1ccc2ccccc2c1C=Nc1ccccc1.Oc1ccc2ccccc2c1C=Nc1ccccc1.[Ni]. The zero-order valence-electron chi connectivity index (χ0n) is 21.0. The van der Waals surface area contributed by atoms with Crippen LogP contribution in [0.5, 0.6) is 11.5 Å². The molecule has 0 aliphatic carbocycles. The summed E-state index contributed by atoms with van der Waals surface area (Å²) in [5.41, 5.74) is 3.24. The number of fused-ring (bicyclic) bond motifs is 2. The van der Waals surface area contributed by atoms with E-state index in [9.17, 15) is 10.2 Å². The first-order valence-electron chi connectivity index (χ1n) is 12.3. The molecule has 0 aromatic heterocycles. The standard InChI is InChI=1S/2C17H13NO.Ni/c2*19-17-11-10-13-6-4-5-9-15(13)16(17)12-18-14-7-2-1-3-8-14;/h2*1-12,19H;. The van der Waals surface area contributed by atoms with Crippen LogP contribution in [0.15, 0.2) is 143 Å². The number of aliphatic imine (C=N–C) groups is 2. The van der Waals surface area contributed by atoms with E-state index in [0.717, 1.165) is 44.0 Å². The van der Waals surface area contributed by atoms with E-state index in [1.165, 1.54) is 0 Å². The molecule has 0 aliphatic rings. The maximum atomic E-state index is 10.00. The maximum Gasteiger partial charge on any atom is 0.124 e. The molecule has 6 rings (SSSR count). The molecular weight excluding hydrogens is 527 g/mol. The van der Waals surface area contributed by atoms with Crippen LogP contribution in [-0.4, -0.2) is 22.6 Å². The molecule has 0 unspecified atom stereocenters. The predicted octanol–water partition coefficient (Wildman–Crippen LogP) is 8.59. The number of aromatic hydroxyl groups is 2. The quantitative estimate of drug-likeness (QED) is 0.170. The number of hydrogen-bond acceptors (Lipinski definition) is 4. The van der Waals surface area contributed by atoms with Gasteiger partial charge in [-0.1, -0.05) is 97.1 Å². The van der Waals surface area contributed by atoms with Crippen molar-refractivity contribution in [3.8, 4) is 11.5 Å².